The predicted octanol–water partition coefficient (Wildman–Crippen LogP) is 3.63. The van der Waals surface area contributed by atoms with Gasteiger partial charge in [-0.15, -0.1) is 0 Å². The van der Waals surface area contributed by atoms with Crippen LogP contribution in [0.5, 0.6) is 5.75 Å². The molecule has 0 unspecified atom stereocenters. The fourth-order valence-electron chi connectivity index (χ4n) is 5.33. The quantitative estimate of drug-likeness (QED) is 0.118. The van der Waals surface area contributed by atoms with E-state index in [0.717, 1.165) is 5.56 Å². The summed E-state index contributed by atoms with van der Waals surface area (Å²) in [6.07, 6.45) is 1.02. The highest BCUT2D eigenvalue weighted by atomic mass is 32.2. The Morgan fingerprint density at radius 1 is 0.750 bits per heavy atom. The lowest BCUT2D eigenvalue weighted by molar-refractivity contribution is -0.152. The maximum Gasteiger partial charge on any atom is 0.408 e. The van der Waals surface area contributed by atoms with Gasteiger partial charge in [-0.25, -0.2) is 9.59 Å². The van der Waals surface area contributed by atoms with E-state index in [-0.39, 0.29) is 31.6 Å². The van der Waals surface area contributed by atoms with Crippen molar-refractivity contribution in [2.24, 2.45) is 5.73 Å². The number of esters is 1. The number of thioether (sulfide) groups is 1. The van der Waals surface area contributed by atoms with Gasteiger partial charge in [0.2, 0.25) is 17.7 Å². The first kappa shape index (κ1) is 45.0. The third-order valence-electron chi connectivity index (χ3n) is 8.10. The number of nitrogens with one attached hydrogen (secondary N) is 3. The zero-order valence-electron chi connectivity index (χ0n) is 32.7. The van der Waals surface area contributed by atoms with Gasteiger partial charge in [0.15, 0.2) is 0 Å². The number of imide groups is 1. The monoisotopic (exact) mass is 791 g/mol. The van der Waals surface area contributed by atoms with Crippen LogP contribution < -0.4 is 21.7 Å². The second-order valence-electron chi connectivity index (χ2n) is 14.8. The summed E-state index contributed by atoms with van der Waals surface area (Å²) in [7, 11) is 0. The molecule has 0 fully saturated rings. The number of rotatable bonds is 18. The number of benzene rings is 3. The van der Waals surface area contributed by atoms with Crippen molar-refractivity contribution in [3.05, 3.63) is 102 Å². The summed E-state index contributed by atoms with van der Waals surface area (Å²) in [6.45, 7) is 6.78. The number of ether oxygens (including phenoxy) is 2. The van der Waals surface area contributed by atoms with Crippen LogP contribution in [0, 0.1) is 0 Å². The second kappa shape index (κ2) is 21.0. The van der Waals surface area contributed by atoms with Crippen LogP contribution in [0.3, 0.4) is 0 Å². The molecule has 0 saturated carbocycles. The van der Waals surface area contributed by atoms with Crippen LogP contribution in [-0.4, -0.2) is 93.5 Å². The number of phenols is 1. The molecule has 0 aliphatic carbocycles. The molecule has 0 spiro atoms. The maximum atomic E-state index is 14.3. The van der Waals surface area contributed by atoms with E-state index in [4.69, 9.17) is 15.2 Å². The number of amides is 5. The van der Waals surface area contributed by atoms with E-state index in [1.54, 1.807) is 51.1 Å². The molecule has 15 heteroatoms. The molecular weight excluding hydrogens is 739 g/mol. The zero-order chi connectivity index (χ0) is 41.5. The number of nitrogens with two attached hydrogens (primary N) is 1. The van der Waals surface area contributed by atoms with Gasteiger partial charge in [-0.1, -0.05) is 72.8 Å². The number of nitrogens with zero attached hydrogens (tertiary/aromatic N) is 1. The van der Waals surface area contributed by atoms with Crippen LogP contribution in [0.2, 0.25) is 0 Å². The molecule has 0 saturated heterocycles. The molecule has 14 nitrogen and oxygen atoms in total. The number of carbonyl (C=O) groups is 6. The average molecular weight is 792 g/mol. The first-order valence-electron chi connectivity index (χ1n) is 18.1. The van der Waals surface area contributed by atoms with Gasteiger partial charge in [-0.05, 0) is 81.9 Å². The van der Waals surface area contributed by atoms with Gasteiger partial charge in [0, 0.05) is 12.8 Å². The Bertz CT molecular complexity index is 1780. The Morgan fingerprint density at radius 2 is 1.30 bits per heavy atom. The zero-order valence-corrected chi connectivity index (χ0v) is 33.5. The largest absolute Gasteiger partial charge is 0.508 e. The Kier molecular flexibility index (Phi) is 16.9. The summed E-state index contributed by atoms with van der Waals surface area (Å²) >= 11 is 1.48. The van der Waals surface area contributed by atoms with Gasteiger partial charge < -0.3 is 36.3 Å². The molecular formula is C41H53N5O9S. The van der Waals surface area contributed by atoms with Crippen molar-refractivity contribution in [1.82, 2.24) is 20.9 Å². The lowest BCUT2D eigenvalue weighted by Gasteiger charge is -2.31. The molecule has 0 radical (unpaired) electrons. The fourth-order valence-corrected chi connectivity index (χ4v) is 5.80. The Hall–Kier alpha value is -5.41. The van der Waals surface area contributed by atoms with Gasteiger partial charge in [-0.2, -0.15) is 11.8 Å². The highest BCUT2D eigenvalue weighted by Crippen LogP contribution is 2.16. The molecule has 3 rings (SSSR count). The number of hydrogen-bond donors (Lipinski definition) is 5. The fraction of sp³-hybridized carbons (Fsp3) is 0.415. The van der Waals surface area contributed by atoms with Crippen LogP contribution in [0.4, 0.5) is 4.79 Å². The normalized spacial score (nSPS) is 13.0. The van der Waals surface area contributed by atoms with E-state index in [1.165, 1.54) is 49.9 Å². The molecule has 5 amide bonds. The summed E-state index contributed by atoms with van der Waals surface area (Å²) in [5, 5.41) is 17.7. The number of alkyl carbamates (subject to hydrolysis) is 1. The minimum Gasteiger partial charge on any atom is -0.508 e. The smallest absolute Gasteiger partial charge is 0.408 e. The summed E-state index contributed by atoms with van der Waals surface area (Å²) in [5.74, 6) is -3.62. The summed E-state index contributed by atoms with van der Waals surface area (Å²) in [4.78, 5) is 82.6. The first-order valence-corrected chi connectivity index (χ1v) is 19.5. The Balaban J connectivity index is 1.90. The molecule has 56 heavy (non-hydrogen) atoms. The highest BCUT2D eigenvalue weighted by molar-refractivity contribution is 7.98. The molecule has 0 aromatic heterocycles. The summed E-state index contributed by atoms with van der Waals surface area (Å²) < 4.78 is 10.9. The van der Waals surface area contributed by atoms with Gasteiger partial charge in [0.05, 0.1) is 5.54 Å². The third kappa shape index (κ3) is 15.4. The Labute approximate surface area is 332 Å². The number of hydrogen-bond acceptors (Lipinski definition) is 11. The van der Waals surface area contributed by atoms with Gasteiger partial charge in [-0.3, -0.25) is 24.1 Å². The second-order valence-corrected chi connectivity index (χ2v) is 15.8. The van der Waals surface area contributed by atoms with Crippen LogP contribution in [0.1, 0.15) is 57.7 Å². The van der Waals surface area contributed by atoms with E-state index in [9.17, 15) is 33.9 Å². The summed E-state index contributed by atoms with van der Waals surface area (Å²) in [5.41, 5.74) is 5.56. The summed E-state index contributed by atoms with van der Waals surface area (Å²) in [6, 6.07) is 20.1. The van der Waals surface area contributed by atoms with Crippen molar-refractivity contribution in [2.75, 3.05) is 18.6 Å². The molecule has 0 heterocycles. The number of aromatic hydroxyl groups is 1. The molecule has 0 aliphatic rings. The highest BCUT2D eigenvalue weighted by Gasteiger charge is 2.38. The van der Waals surface area contributed by atoms with E-state index < -0.39 is 71.5 Å². The van der Waals surface area contributed by atoms with Crippen molar-refractivity contribution < 1.29 is 43.3 Å². The Morgan fingerprint density at radius 3 is 1.86 bits per heavy atom. The SMILES string of the molecule is CSCC[C@H](NC(=O)[C@H](Cc1ccccc1)NC(=O)CN(C(=O)[C@H](Cc1ccc(O)cc1)NC(=O)OC(C)(C)C)C(=O)C(C)(C)N)C(=O)OCc1ccccc1. The van der Waals surface area contributed by atoms with Crippen LogP contribution >= 0.6 is 11.8 Å². The topological polar surface area (TPSA) is 206 Å². The lowest BCUT2D eigenvalue weighted by Crippen LogP contribution is -2.61. The van der Waals surface area contributed by atoms with E-state index in [1.807, 2.05) is 36.6 Å². The minimum absolute atomic E-state index is 0.000670. The van der Waals surface area contributed by atoms with Gasteiger partial charge >= 0.3 is 12.1 Å². The minimum atomic E-state index is -1.64. The van der Waals surface area contributed by atoms with Gasteiger partial charge in [0.25, 0.3) is 5.91 Å². The molecule has 0 aliphatic heterocycles. The van der Waals surface area contributed by atoms with Crippen LogP contribution in [-0.2, 0) is 52.9 Å². The molecule has 3 atom stereocenters. The van der Waals surface area contributed by atoms with Crippen LogP contribution in [0.15, 0.2) is 84.9 Å². The van der Waals surface area contributed by atoms with E-state index >= 15 is 0 Å². The first-order chi connectivity index (χ1) is 26.4. The maximum absolute atomic E-state index is 14.3. The van der Waals surface area contributed by atoms with Gasteiger partial charge in [0.1, 0.15) is 42.6 Å². The third-order valence-corrected chi connectivity index (χ3v) is 8.74. The van der Waals surface area contributed by atoms with Crippen molar-refractivity contribution in [3.63, 3.8) is 0 Å². The number of phenolic OH excluding ortho intramolecular Hbond substituents is 1. The average Bonchev–Trinajstić information content (AvgIpc) is 3.14. The standard InChI is InChI=1S/C41H53N5O9S/c1-40(2,3)55-39(53)45-33(24-28-17-19-30(47)20-18-28)36(50)46(38(52)41(4,5)42)25-34(48)43-32(23-27-13-9-7-10-14-27)35(49)44-31(21-22-56-6)37(51)54-26-29-15-11-8-12-16-29/h7-20,31-33,47H,21-26,42H2,1-6H3,(H,43,48)(H,44,49)(H,45,53)/t31-,32-,33-/m0/s1. The van der Waals surface area contributed by atoms with Crippen molar-refractivity contribution in [3.8, 4) is 5.75 Å². The van der Waals surface area contributed by atoms with Crippen molar-refractivity contribution >= 4 is 47.5 Å². The molecule has 302 valence electrons. The molecule has 0 bridgehead atoms. The molecule has 6 N–H and O–H groups in total. The van der Waals surface area contributed by atoms with E-state index in [2.05, 4.69) is 16.0 Å². The van der Waals surface area contributed by atoms with E-state index in [0.29, 0.717) is 21.8 Å². The van der Waals surface area contributed by atoms with Crippen LogP contribution in [0.25, 0.3) is 0 Å². The molecule has 3 aromatic rings. The number of carbonyl (C=O) groups excluding carboxylic acids is 6. The molecule has 3 aromatic carbocycles. The predicted molar refractivity (Wildman–Crippen MR) is 213 cm³/mol. The van der Waals surface area contributed by atoms with Crippen molar-refractivity contribution in [2.45, 2.75) is 89.8 Å². The van der Waals surface area contributed by atoms with Crippen molar-refractivity contribution in [1.29, 1.82) is 0 Å². The lowest BCUT2D eigenvalue weighted by atomic mass is 10.0.